The highest BCUT2D eigenvalue weighted by atomic mass is 19.4. The Morgan fingerprint density at radius 1 is 1.39 bits per heavy atom. The van der Waals surface area contributed by atoms with E-state index >= 15 is 0 Å². The van der Waals surface area contributed by atoms with Crippen LogP contribution in [0.5, 0.6) is 0 Å². The number of ether oxygens (including phenoxy) is 1. The van der Waals surface area contributed by atoms with E-state index in [0.717, 1.165) is 0 Å². The van der Waals surface area contributed by atoms with Gasteiger partial charge >= 0.3 is 6.18 Å². The van der Waals surface area contributed by atoms with E-state index in [9.17, 15) is 13.2 Å². The third-order valence-electron chi connectivity index (χ3n) is 2.16. The number of halogens is 3. The van der Waals surface area contributed by atoms with Gasteiger partial charge in [-0.3, -0.25) is 0 Å². The summed E-state index contributed by atoms with van der Waals surface area (Å²) in [5.74, 6) is 0.296. The molecular formula is C11H8F3N3O. The van der Waals surface area contributed by atoms with Crippen LogP contribution < -0.4 is 0 Å². The van der Waals surface area contributed by atoms with Crippen molar-refractivity contribution in [2.24, 2.45) is 0 Å². The van der Waals surface area contributed by atoms with Gasteiger partial charge in [-0.25, -0.2) is 4.98 Å². The van der Waals surface area contributed by atoms with Crippen LogP contribution in [0.3, 0.4) is 0 Å². The molecule has 1 N–H and O–H groups in total. The standard InChI is InChI=1S/C11H8F3N3O/c12-11(13,14)6-18-5-10-16-8-2-1-7(4-15)3-9(8)17-10/h1-3H,5-6H2,(H,16,17). The second-order valence-corrected chi connectivity index (χ2v) is 3.64. The number of fused-ring (bicyclic) bond motifs is 1. The van der Waals surface area contributed by atoms with Crippen molar-refractivity contribution in [3.8, 4) is 6.07 Å². The van der Waals surface area contributed by atoms with Gasteiger partial charge in [0.15, 0.2) is 0 Å². The summed E-state index contributed by atoms with van der Waals surface area (Å²) >= 11 is 0. The number of benzene rings is 1. The predicted molar refractivity (Wildman–Crippen MR) is 56.5 cm³/mol. The van der Waals surface area contributed by atoms with Crippen molar-refractivity contribution in [2.75, 3.05) is 6.61 Å². The Morgan fingerprint density at radius 2 is 2.17 bits per heavy atom. The molecule has 0 spiro atoms. The number of H-pyrrole nitrogens is 1. The smallest absolute Gasteiger partial charge is 0.364 e. The molecule has 0 amide bonds. The number of nitrogens with one attached hydrogen (secondary N) is 1. The first-order valence-electron chi connectivity index (χ1n) is 5.01. The lowest BCUT2D eigenvalue weighted by Gasteiger charge is -2.05. The van der Waals surface area contributed by atoms with E-state index in [1.165, 1.54) is 0 Å². The van der Waals surface area contributed by atoms with Crippen molar-refractivity contribution in [1.29, 1.82) is 5.26 Å². The average molecular weight is 255 g/mol. The topological polar surface area (TPSA) is 61.7 Å². The van der Waals surface area contributed by atoms with Crippen LogP contribution in [-0.4, -0.2) is 22.8 Å². The monoisotopic (exact) mass is 255 g/mol. The number of rotatable bonds is 3. The lowest BCUT2D eigenvalue weighted by atomic mass is 10.2. The summed E-state index contributed by atoms with van der Waals surface area (Å²) < 4.78 is 40.1. The van der Waals surface area contributed by atoms with Gasteiger partial charge in [0.2, 0.25) is 0 Å². The van der Waals surface area contributed by atoms with Gasteiger partial charge in [-0.05, 0) is 18.2 Å². The molecule has 18 heavy (non-hydrogen) atoms. The fourth-order valence-electron chi connectivity index (χ4n) is 1.46. The first-order valence-corrected chi connectivity index (χ1v) is 5.01. The second-order valence-electron chi connectivity index (χ2n) is 3.64. The van der Waals surface area contributed by atoms with Gasteiger partial charge in [0.1, 0.15) is 19.0 Å². The number of hydrogen-bond donors (Lipinski definition) is 1. The van der Waals surface area contributed by atoms with Crippen molar-refractivity contribution in [1.82, 2.24) is 9.97 Å². The second kappa shape index (κ2) is 4.66. The molecule has 1 aromatic carbocycles. The first kappa shape index (κ1) is 12.4. The summed E-state index contributed by atoms with van der Waals surface area (Å²) in [7, 11) is 0. The van der Waals surface area contributed by atoms with Crippen molar-refractivity contribution < 1.29 is 17.9 Å². The number of hydrogen-bond acceptors (Lipinski definition) is 3. The zero-order chi connectivity index (χ0) is 13.2. The largest absolute Gasteiger partial charge is 0.411 e. The van der Waals surface area contributed by atoms with E-state index in [1.54, 1.807) is 18.2 Å². The summed E-state index contributed by atoms with van der Waals surface area (Å²) in [6.07, 6.45) is -4.35. The Balaban J connectivity index is 2.09. The molecule has 0 aliphatic rings. The molecule has 0 saturated heterocycles. The van der Waals surface area contributed by atoms with E-state index in [0.29, 0.717) is 22.4 Å². The summed E-state index contributed by atoms with van der Waals surface area (Å²) in [4.78, 5) is 6.85. The van der Waals surface area contributed by atoms with E-state index < -0.39 is 12.8 Å². The van der Waals surface area contributed by atoms with Gasteiger partial charge < -0.3 is 9.72 Å². The Bertz CT molecular complexity index is 598. The van der Waals surface area contributed by atoms with Crippen LogP contribution in [0.2, 0.25) is 0 Å². The molecule has 0 aliphatic carbocycles. The summed E-state index contributed by atoms with van der Waals surface area (Å²) in [5.41, 5.74) is 1.63. The lowest BCUT2D eigenvalue weighted by molar-refractivity contribution is -0.177. The van der Waals surface area contributed by atoms with Gasteiger partial charge in [-0.1, -0.05) is 0 Å². The summed E-state index contributed by atoms with van der Waals surface area (Å²) in [6.45, 7) is -1.57. The minimum absolute atomic E-state index is 0.254. The number of aromatic amines is 1. The fourth-order valence-corrected chi connectivity index (χ4v) is 1.46. The van der Waals surface area contributed by atoms with Crippen LogP contribution in [0.1, 0.15) is 11.4 Å². The number of nitrogens with zero attached hydrogens (tertiary/aromatic N) is 2. The molecule has 2 aromatic rings. The minimum Gasteiger partial charge on any atom is -0.364 e. The third kappa shape index (κ3) is 2.99. The van der Waals surface area contributed by atoms with Crippen LogP contribution in [0.15, 0.2) is 18.2 Å². The maximum Gasteiger partial charge on any atom is 0.411 e. The molecule has 0 bridgehead atoms. The third-order valence-corrected chi connectivity index (χ3v) is 2.16. The van der Waals surface area contributed by atoms with Crippen molar-refractivity contribution in [3.63, 3.8) is 0 Å². The number of aromatic nitrogens is 2. The maximum atomic E-state index is 11.9. The maximum absolute atomic E-state index is 11.9. The Kier molecular flexibility index (Phi) is 3.21. The van der Waals surface area contributed by atoms with Crippen LogP contribution in [0, 0.1) is 11.3 Å². The molecule has 2 rings (SSSR count). The number of nitriles is 1. The molecule has 1 heterocycles. The lowest BCUT2D eigenvalue weighted by Crippen LogP contribution is -2.16. The first-order chi connectivity index (χ1) is 8.48. The molecule has 4 nitrogen and oxygen atoms in total. The van der Waals surface area contributed by atoms with Crippen molar-refractivity contribution in [3.05, 3.63) is 29.6 Å². The van der Waals surface area contributed by atoms with Crippen molar-refractivity contribution >= 4 is 11.0 Å². The Labute approximate surface area is 100 Å². The number of imidazole rings is 1. The van der Waals surface area contributed by atoms with Crippen LogP contribution in [0.4, 0.5) is 13.2 Å². The molecule has 1 aromatic heterocycles. The summed E-state index contributed by atoms with van der Waals surface area (Å²) in [6, 6.07) is 6.75. The highest BCUT2D eigenvalue weighted by molar-refractivity contribution is 5.76. The molecule has 0 unspecified atom stereocenters. The highest BCUT2D eigenvalue weighted by Gasteiger charge is 2.27. The van der Waals surface area contributed by atoms with Crippen LogP contribution >= 0.6 is 0 Å². The van der Waals surface area contributed by atoms with Gasteiger partial charge in [-0.2, -0.15) is 18.4 Å². The molecular weight excluding hydrogens is 247 g/mol. The minimum atomic E-state index is -4.35. The predicted octanol–water partition coefficient (Wildman–Crippen LogP) is 2.51. The molecule has 0 atom stereocenters. The zero-order valence-corrected chi connectivity index (χ0v) is 9.08. The SMILES string of the molecule is N#Cc1ccc2nc(COCC(F)(F)F)[nH]c2c1. The van der Waals surface area contributed by atoms with Crippen LogP contribution in [-0.2, 0) is 11.3 Å². The number of alkyl halides is 3. The average Bonchev–Trinajstić information content (AvgIpc) is 2.68. The van der Waals surface area contributed by atoms with E-state index in [1.807, 2.05) is 6.07 Å². The van der Waals surface area contributed by atoms with E-state index in [-0.39, 0.29) is 6.61 Å². The molecule has 0 aliphatic heterocycles. The molecule has 0 radical (unpaired) electrons. The molecule has 0 saturated carbocycles. The Morgan fingerprint density at radius 3 is 2.83 bits per heavy atom. The normalized spacial score (nSPS) is 11.7. The van der Waals surface area contributed by atoms with Gasteiger partial charge in [-0.15, -0.1) is 0 Å². The van der Waals surface area contributed by atoms with Gasteiger partial charge in [0.25, 0.3) is 0 Å². The molecule has 0 fully saturated rings. The van der Waals surface area contributed by atoms with E-state index in [2.05, 4.69) is 14.7 Å². The van der Waals surface area contributed by atoms with Crippen LogP contribution in [0.25, 0.3) is 11.0 Å². The van der Waals surface area contributed by atoms with Gasteiger partial charge in [0.05, 0.1) is 22.7 Å². The highest BCUT2D eigenvalue weighted by Crippen LogP contribution is 2.17. The summed E-state index contributed by atoms with van der Waals surface area (Å²) in [5, 5.41) is 8.70. The molecule has 94 valence electrons. The van der Waals surface area contributed by atoms with Crippen molar-refractivity contribution in [2.45, 2.75) is 12.8 Å². The fraction of sp³-hybridized carbons (Fsp3) is 0.273. The van der Waals surface area contributed by atoms with Gasteiger partial charge in [0, 0.05) is 0 Å². The quantitative estimate of drug-likeness (QED) is 0.916. The molecule has 7 heteroatoms. The van der Waals surface area contributed by atoms with E-state index in [4.69, 9.17) is 5.26 Å². The Hall–Kier alpha value is -2.07. The zero-order valence-electron chi connectivity index (χ0n) is 9.08.